The first-order valence-electron chi connectivity index (χ1n) is 9.77. The van der Waals surface area contributed by atoms with Crippen molar-refractivity contribution in [1.29, 1.82) is 0 Å². The first kappa shape index (κ1) is 19.0. The molecule has 0 bridgehead atoms. The van der Waals surface area contributed by atoms with Gasteiger partial charge in [-0.3, -0.25) is 14.2 Å². The first-order chi connectivity index (χ1) is 14.7. The third-order valence-electron chi connectivity index (χ3n) is 5.18. The largest absolute Gasteiger partial charge is 0.376 e. The number of fused-ring (bicyclic) bond motifs is 2. The summed E-state index contributed by atoms with van der Waals surface area (Å²) < 4.78 is 8.69. The van der Waals surface area contributed by atoms with Gasteiger partial charge in [0.05, 0.1) is 34.8 Å². The zero-order valence-electron chi connectivity index (χ0n) is 16.1. The molecular weight excluding hydrogens is 402 g/mol. The predicted octanol–water partition coefficient (Wildman–Crippen LogP) is 2.43. The van der Waals surface area contributed by atoms with Crippen LogP contribution in [0.1, 0.15) is 12.8 Å². The molecule has 2 aromatic heterocycles. The van der Waals surface area contributed by atoms with Crippen molar-refractivity contribution in [1.82, 2.24) is 24.5 Å². The van der Waals surface area contributed by atoms with E-state index in [4.69, 9.17) is 9.72 Å². The molecule has 9 heteroatoms. The van der Waals surface area contributed by atoms with E-state index in [1.807, 2.05) is 24.3 Å². The van der Waals surface area contributed by atoms with E-state index in [0.717, 1.165) is 12.8 Å². The molecule has 2 aromatic carbocycles. The van der Waals surface area contributed by atoms with Crippen molar-refractivity contribution in [3.63, 3.8) is 0 Å². The summed E-state index contributed by atoms with van der Waals surface area (Å²) in [7, 11) is 0. The zero-order valence-corrected chi connectivity index (χ0v) is 16.9. The summed E-state index contributed by atoms with van der Waals surface area (Å²) in [5.74, 6) is 0.201. The van der Waals surface area contributed by atoms with E-state index >= 15 is 0 Å². The number of hydrogen-bond donors (Lipinski definition) is 0. The predicted molar refractivity (Wildman–Crippen MR) is 115 cm³/mol. The molecule has 0 N–H and O–H groups in total. The SMILES string of the molecule is O=c1c2ccccc2nnn1CSc1nc2ccccc2c(=O)n1C[C@H]1CCCO1. The van der Waals surface area contributed by atoms with Gasteiger partial charge >= 0.3 is 0 Å². The molecule has 1 saturated heterocycles. The molecule has 1 fully saturated rings. The van der Waals surface area contributed by atoms with E-state index in [9.17, 15) is 9.59 Å². The maximum atomic E-state index is 13.1. The van der Waals surface area contributed by atoms with Crippen LogP contribution < -0.4 is 11.1 Å². The highest BCUT2D eigenvalue weighted by molar-refractivity contribution is 7.98. The standard InChI is InChI=1S/C21H19N5O3S/c27-19-15-7-1-3-9-17(15)22-21(25(19)12-14-6-5-11-29-14)30-13-26-20(28)16-8-2-4-10-18(16)23-24-26/h1-4,7-10,14H,5-6,11-13H2/t14-/m1/s1. The summed E-state index contributed by atoms with van der Waals surface area (Å²) in [5.41, 5.74) is 0.867. The third-order valence-corrected chi connectivity index (χ3v) is 6.13. The topological polar surface area (TPSA) is 91.9 Å². The fourth-order valence-corrected chi connectivity index (χ4v) is 4.52. The molecule has 0 saturated carbocycles. The van der Waals surface area contributed by atoms with E-state index in [1.54, 1.807) is 28.8 Å². The summed E-state index contributed by atoms with van der Waals surface area (Å²) in [4.78, 5) is 30.6. The smallest absolute Gasteiger partial charge is 0.278 e. The van der Waals surface area contributed by atoms with Gasteiger partial charge in [-0.25, -0.2) is 4.98 Å². The van der Waals surface area contributed by atoms with Gasteiger partial charge in [0, 0.05) is 6.61 Å². The van der Waals surface area contributed by atoms with Crippen LogP contribution in [-0.4, -0.2) is 37.3 Å². The molecule has 152 valence electrons. The van der Waals surface area contributed by atoms with Gasteiger partial charge in [0.25, 0.3) is 11.1 Å². The van der Waals surface area contributed by atoms with E-state index < -0.39 is 0 Å². The maximum Gasteiger partial charge on any atom is 0.278 e. The van der Waals surface area contributed by atoms with Crippen LogP contribution in [0, 0.1) is 0 Å². The Balaban J connectivity index is 1.52. The van der Waals surface area contributed by atoms with E-state index in [2.05, 4.69) is 10.3 Å². The number of thioether (sulfide) groups is 1. The fourth-order valence-electron chi connectivity index (χ4n) is 3.64. The Morgan fingerprint density at radius 2 is 1.73 bits per heavy atom. The Morgan fingerprint density at radius 1 is 1.00 bits per heavy atom. The minimum Gasteiger partial charge on any atom is -0.376 e. The summed E-state index contributed by atoms with van der Waals surface area (Å²) in [6.07, 6.45) is 1.90. The van der Waals surface area contributed by atoms with Crippen molar-refractivity contribution in [2.45, 2.75) is 36.5 Å². The lowest BCUT2D eigenvalue weighted by atomic mass is 10.2. The van der Waals surface area contributed by atoms with Crippen LogP contribution in [0.5, 0.6) is 0 Å². The minimum absolute atomic E-state index is 0.00630. The van der Waals surface area contributed by atoms with Crippen molar-refractivity contribution in [3.8, 4) is 0 Å². The van der Waals surface area contributed by atoms with Gasteiger partial charge in [0.1, 0.15) is 5.52 Å². The molecule has 3 heterocycles. The van der Waals surface area contributed by atoms with Crippen molar-refractivity contribution in [2.75, 3.05) is 6.61 Å². The van der Waals surface area contributed by atoms with Gasteiger partial charge in [0.2, 0.25) is 0 Å². The van der Waals surface area contributed by atoms with Crippen LogP contribution in [0.4, 0.5) is 0 Å². The summed E-state index contributed by atoms with van der Waals surface area (Å²) >= 11 is 1.29. The van der Waals surface area contributed by atoms with Crippen molar-refractivity contribution < 1.29 is 4.74 Å². The van der Waals surface area contributed by atoms with Gasteiger partial charge < -0.3 is 4.74 Å². The third kappa shape index (κ3) is 3.50. The normalized spacial score (nSPS) is 16.5. The Hall–Kier alpha value is -3.04. The molecule has 0 aliphatic carbocycles. The second kappa shape index (κ2) is 8.00. The molecule has 1 aliphatic heterocycles. The second-order valence-electron chi connectivity index (χ2n) is 7.15. The van der Waals surface area contributed by atoms with Crippen LogP contribution in [0.3, 0.4) is 0 Å². The average Bonchev–Trinajstić information content (AvgIpc) is 3.29. The Morgan fingerprint density at radius 3 is 2.50 bits per heavy atom. The first-order valence-corrected chi connectivity index (χ1v) is 10.8. The molecule has 1 aliphatic rings. The molecule has 5 rings (SSSR count). The van der Waals surface area contributed by atoms with Gasteiger partial charge in [-0.1, -0.05) is 41.2 Å². The molecular formula is C21H19N5O3S. The lowest BCUT2D eigenvalue weighted by molar-refractivity contribution is 0.0937. The lowest BCUT2D eigenvalue weighted by Crippen LogP contribution is -2.29. The molecule has 8 nitrogen and oxygen atoms in total. The van der Waals surface area contributed by atoms with Crippen LogP contribution in [-0.2, 0) is 17.2 Å². The number of rotatable bonds is 5. The highest BCUT2D eigenvalue weighted by atomic mass is 32.2. The Bertz CT molecular complexity index is 1340. The molecule has 0 amide bonds. The number of nitrogens with zero attached hydrogens (tertiary/aromatic N) is 5. The zero-order chi connectivity index (χ0) is 20.5. The average molecular weight is 421 g/mol. The van der Waals surface area contributed by atoms with Gasteiger partial charge in [-0.05, 0) is 37.1 Å². The van der Waals surface area contributed by atoms with Gasteiger partial charge in [-0.15, -0.1) is 5.10 Å². The summed E-state index contributed by atoms with van der Waals surface area (Å²) in [6.45, 7) is 1.16. The van der Waals surface area contributed by atoms with E-state index in [0.29, 0.717) is 40.1 Å². The number of para-hydroxylation sites is 1. The molecule has 1 atom stereocenters. The summed E-state index contributed by atoms with van der Waals surface area (Å²) in [5, 5.41) is 9.77. The number of hydrogen-bond acceptors (Lipinski definition) is 7. The van der Waals surface area contributed by atoms with Crippen molar-refractivity contribution in [2.24, 2.45) is 0 Å². The number of ether oxygens (including phenoxy) is 1. The second-order valence-corrected chi connectivity index (χ2v) is 8.06. The van der Waals surface area contributed by atoms with E-state index in [1.165, 1.54) is 16.4 Å². The Labute approximate surface area is 175 Å². The van der Waals surface area contributed by atoms with E-state index in [-0.39, 0.29) is 23.1 Å². The molecule has 30 heavy (non-hydrogen) atoms. The maximum absolute atomic E-state index is 13.1. The lowest BCUT2D eigenvalue weighted by Gasteiger charge is -2.16. The van der Waals surface area contributed by atoms with Crippen LogP contribution in [0.15, 0.2) is 63.3 Å². The minimum atomic E-state index is -0.220. The van der Waals surface area contributed by atoms with Crippen molar-refractivity contribution in [3.05, 3.63) is 69.2 Å². The van der Waals surface area contributed by atoms with Gasteiger partial charge in [0.15, 0.2) is 5.16 Å². The van der Waals surface area contributed by atoms with Crippen molar-refractivity contribution >= 4 is 33.6 Å². The Kier molecular flexibility index (Phi) is 5.06. The highest BCUT2D eigenvalue weighted by Crippen LogP contribution is 2.21. The number of benzene rings is 2. The number of aromatic nitrogens is 5. The van der Waals surface area contributed by atoms with Gasteiger partial charge in [-0.2, -0.15) is 4.68 Å². The monoisotopic (exact) mass is 421 g/mol. The van der Waals surface area contributed by atoms with Crippen LogP contribution >= 0.6 is 11.8 Å². The summed E-state index contributed by atoms with van der Waals surface area (Å²) in [6, 6.07) is 14.4. The van der Waals surface area contributed by atoms with Crippen LogP contribution in [0.25, 0.3) is 21.8 Å². The highest BCUT2D eigenvalue weighted by Gasteiger charge is 2.20. The molecule has 0 radical (unpaired) electrons. The quantitative estimate of drug-likeness (QED) is 0.361. The molecule has 0 unspecified atom stereocenters. The fraction of sp³-hybridized carbons (Fsp3) is 0.286. The molecule has 0 spiro atoms. The molecule has 4 aromatic rings. The van der Waals surface area contributed by atoms with Crippen LogP contribution in [0.2, 0.25) is 0 Å².